The SMILES string of the molecule is CSc1ncc(Cl)c(C(=O)NCCn2ccnc2)n1. The van der Waals surface area contributed by atoms with Gasteiger partial charge in [-0.25, -0.2) is 15.0 Å². The van der Waals surface area contributed by atoms with E-state index in [1.165, 1.54) is 18.0 Å². The molecule has 0 fully saturated rings. The largest absolute Gasteiger partial charge is 0.349 e. The fourth-order valence-corrected chi connectivity index (χ4v) is 1.93. The molecule has 2 rings (SSSR count). The van der Waals surface area contributed by atoms with Crippen molar-refractivity contribution in [2.75, 3.05) is 12.8 Å². The van der Waals surface area contributed by atoms with Crippen LogP contribution in [-0.4, -0.2) is 38.2 Å². The van der Waals surface area contributed by atoms with Gasteiger partial charge in [-0.05, 0) is 6.26 Å². The third-order valence-electron chi connectivity index (χ3n) is 2.33. The van der Waals surface area contributed by atoms with Gasteiger partial charge in [0.1, 0.15) is 0 Å². The molecule has 0 aliphatic heterocycles. The molecule has 0 bridgehead atoms. The Morgan fingerprint density at radius 1 is 1.58 bits per heavy atom. The van der Waals surface area contributed by atoms with E-state index >= 15 is 0 Å². The van der Waals surface area contributed by atoms with E-state index in [9.17, 15) is 4.79 Å². The van der Waals surface area contributed by atoms with Crippen LogP contribution in [0, 0.1) is 0 Å². The van der Waals surface area contributed by atoms with Gasteiger partial charge >= 0.3 is 0 Å². The summed E-state index contributed by atoms with van der Waals surface area (Å²) >= 11 is 7.27. The van der Waals surface area contributed by atoms with Crippen LogP contribution in [0.25, 0.3) is 0 Å². The topological polar surface area (TPSA) is 72.7 Å². The molecule has 0 aliphatic carbocycles. The number of hydrogen-bond acceptors (Lipinski definition) is 5. The first-order chi connectivity index (χ1) is 9.20. The molecule has 0 aliphatic rings. The normalized spacial score (nSPS) is 10.4. The minimum absolute atomic E-state index is 0.201. The van der Waals surface area contributed by atoms with Crippen molar-refractivity contribution in [2.45, 2.75) is 11.7 Å². The summed E-state index contributed by atoms with van der Waals surface area (Å²) in [4.78, 5) is 23.9. The molecule has 8 heteroatoms. The van der Waals surface area contributed by atoms with Crippen molar-refractivity contribution in [1.82, 2.24) is 24.8 Å². The van der Waals surface area contributed by atoms with Gasteiger partial charge in [0.25, 0.3) is 5.91 Å². The Morgan fingerprint density at radius 2 is 2.42 bits per heavy atom. The van der Waals surface area contributed by atoms with Crippen LogP contribution < -0.4 is 5.32 Å². The van der Waals surface area contributed by atoms with Crippen LogP contribution in [0.2, 0.25) is 5.02 Å². The second kappa shape index (κ2) is 6.53. The summed E-state index contributed by atoms with van der Waals surface area (Å²) in [5.41, 5.74) is 0.201. The molecule has 0 atom stereocenters. The third kappa shape index (κ3) is 3.68. The Kier molecular flexibility index (Phi) is 4.75. The summed E-state index contributed by atoms with van der Waals surface area (Å²) < 4.78 is 1.87. The van der Waals surface area contributed by atoms with Gasteiger partial charge in [-0.3, -0.25) is 4.79 Å². The van der Waals surface area contributed by atoms with Gasteiger partial charge in [-0.1, -0.05) is 23.4 Å². The molecule has 1 N–H and O–H groups in total. The number of nitrogens with zero attached hydrogens (tertiary/aromatic N) is 4. The lowest BCUT2D eigenvalue weighted by molar-refractivity contribution is 0.0946. The monoisotopic (exact) mass is 297 g/mol. The predicted molar refractivity (Wildman–Crippen MR) is 73.4 cm³/mol. The molecule has 1 amide bonds. The fourth-order valence-electron chi connectivity index (χ4n) is 1.41. The van der Waals surface area contributed by atoms with E-state index in [1.807, 2.05) is 17.0 Å². The van der Waals surface area contributed by atoms with Crippen LogP contribution >= 0.6 is 23.4 Å². The first kappa shape index (κ1) is 13.8. The molecule has 0 spiro atoms. The van der Waals surface area contributed by atoms with Crippen molar-refractivity contribution < 1.29 is 4.79 Å². The number of hydrogen-bond donors (Lipinski definition) is 1. The van der Waals surface area contributed by atoms with Gasteiger partial charge in [0.05, 0.1) is 17.5 Å². The average molecular weight is 298 g/mol. The van der Waals surface area contributed by atoms with Gasteiger partial charge < -0.3 is 9.88 Å². The van der Waals surface area contributed by atoms with Gasteiger partial charge in [0, 0.05) is 25.5 Å². The van der Waals surface area contributed by atoms with Crippen LogP contribution in [0.1, 0.15) is 10.5 Å². The van der Waals surface area contributed by atoms with Crippen molar-refractivity contribution in [1.29, 1.82) is 0 Å². The van der Waals surface area contributed by atoms with Crippen molar-refractivity contribution in [3.8, 4) is 0 Å². The van der Waals surface area contributed by atoms with Crippen LogP contribution in [0.3, 0.4) is 0 Å². The number of imidazole rings is 1. The van der Waals surface area contributed by atoms with Crippen LogP contribution in [0.4, 0.5) is 0 Å². The number of amides is 1. The number of carbonyl (C=O) groups is 1. The second-order valence-corrected chi connectivity index (χ2v) is 4.79. The van der Waals surface area contributed by atoms with Crippen LogP contribution in [0.15, 0.2) is 30.1 Å². The lowest BCUT2D eigenvalue weighted by Gasteiger charge is -2.07. The summed E-state index contributed by atoms with van der Waals surface area (Å²) in [5, 5.41) is 3.52. The molecule has 6 nitrogen and oxygen atoms in total. The lowest BCUT2D eigenvalue weighted by Crippen LogP contribution is -2.28. The minimum atomic E-state index is -0.303. The molecule has 19 heavy (non-hydrogen) atoms. The average Bonchev–Trinajstić information content (AvgIpc) is 2.92. The molecule has 2 heterocycles. The van der Waals surface area contributed by atoms with Crippen molar-refractivity contribution in [3.05, 3.63) is 35.6 Å². The smallest absolute Gasteiger partial charge is 0.271 e. The molecular formula is C11H12ClN5OS. The Bertz CT molecular complexity index is 560. The molecule has 0 saturated carbocycles. The van der Waals surface area contributed by atoms with Crippen molar-refractivity contribution in [3.63, 3.8) is 0 Å². The number of rotatable bonds is 5. The Balaban J connectivity index is 1.95. The molecule has 0 saturated heterocycles. The summed E-state index contributed by atoms with van der Waals surface area (Å²) in [7, 11) is 0. The predicted octanol–water partition coefficient (Wildman–Crippen LogP) is 1.48. The maximum absolute atomic E-state index is 11.9. The number of aromatic nitrogens is 4. The van der Waals surface area contributed by atoms with Gasteiger partial charge in [0.15, 0.2) is 10.9 Å². The first-order valence-corrected chi connectivity index (χ1v) is 7.11. The van der Waals surface area contributed by atoms with Crippen LogP contribution in [-0.2, 0) is 6.54 Å². The highest BCUT2D eigenvalue weighted by molar-refractivity contribution is 7.98. The highest BCUT2D eigenvalue weighted by Crippen LogP contribution is 2.16. The maximum Gasteiger partial charge on any atom is 0.271 e. The molecule has 100 valence electrons. The van der Waals surface area contributed by atoms with E-state index in [0.29, 0.717) is 18.2 Å². The van der Waals surface area contributed by atoms with Crippen molar-refractivity contribution in [2.24, 2.45) is 0 Å². The summed E-state index contributed by atoms with van der Waals surface area (Å²) in [6.45, 7) is 1.12. The van der Waals surface area contributed by atoms with Crippen molar-refractivity contribution >= 4 is 29.3 Å². The third-order valence-corrected chi connectivity index (χ3v) is 3.17. The maximum atomic E-state index is 11.9. The Morgan fingerprint density at radius 3 is 3.11 bits per heavy atom. The van der Waals surface area contributed by atoms with E-state index in [1.54, 1.807) is 12.5 Å². The van der Waals surface area contributed by atoms with E-state index < -0.39 is 0 Å². The zero-order chi connectivity index (χ0) is 13.7. The Hall–Kier alpha value is -1.60. The summed E-state index contributed by atoms with van der Waals surface area (Å²) in [6, 6.07) is 0. The summed E-state index contributed by atoms with van der Waals surface area (Å²) in [6.07, 6.45) is 8.48. The van der Waals surface area contributed by atoms with E-state index in [4.69, 9.17) is 11.6 Å². The zero-order valence-electron chi connectivity index (χ0n) is 10.2. The standard InChI is InChI=1S/C11H12ClN5OS/c1-19-11-15-6-8(12)9(16-11)10(18)14-3-5-17-4-2-13-7-17/h2,4,6-7H,3,5H2,1H3,(H,14,18). The molecular weight excluding hydrogens is 286 g/mol. The van der Waals surface area contributed by atoms with E-state index in [-0.39, 0.29) is 16.6 Å². The number of thioether (sulfide) groups is 1. The lowest BCUT2D eigenvalue weighted by atomic mass is 10.4. The highest BCUT2D eigenvalue weighted by Gasteiger charge is 2.13. The molecule has 0 unspecified atom stereocenters. The first-order valence-electron chi connectivity index (χ1n) is 5.51. The number of nitrogens with one attached hydrogen (secondary N) is 1. The quantitative estimate of drug-likeness (QED) is 0.668. The molecule has 2 aromatic heterocycles. The van der Waals surface area contributed by atoms with Gasteiger partial charge in [-0.15, -0.1) is 0 Å². The second-order valence-electron chi connectivity index (χ2n) is 3.61. The fraction of sp³-hybridized carbons (Fsp3) is 0.273. The van der Waals surface area contributed by atoms with Gasteiger partial charge in [0.2, 0.25) is 0 Å². The van der Waals surface area contributed by atoms with E-state index in [0.717, 1.165) is 0 Å². The number of halogens is 1. The Labute approximate surface area is 119 Å². The highest BCUT2D eigenvalue weighted by atomic mass is 35.5. The summed E-state index contributed by atoms with van der Waals surface area (Å²) in [5.74, 6) is -0.303. The minimum Gasteiger partial charge on any atom is -0.349 e. The van der Waals surface area contributed by atoms with Crippen LogP contribution in [0.5, 0.6) is 0 Å². The van der Waals surface area contributed by atoms with Gasteiger partial charge in [-0.2, -0.15) is 0 Å². The molecule has 2 aromatic rings. The van der Waals surface area contributed by atoms with E-state index in [2.05, 4.69) is 20.3 Å². The molecule has 0 aromatic carbocycles. The molecule has 0 radical (unpaired) electrons. The zero-order valence-corrected chi connectivity index (χ0v) is 11.8. The number of carbonyl (C=O) groups excluding carboxylic acids is 1.